The van der Waals surface area contributed by atoms with Crippen molar-refractivity contribution in [3.63, 3.8) is 0 Å². The molecule has 7 heteroatoms. The molecule has 0 saturated carbocycles. The van der Waals surface area contributed by atoms with E-state index in [1.807, 2.05) is 0 Å². The number of halogens is 5. The van der Waals surface area contributed by atoms with Gasteiger partial charge in [-0.1, -0.05) is 15.9 Å². The SMILES string of the molecule is COC(=O)C(Cl)Cc1cc(Br)cc(C(F)(F)F)c1. The topological polar surface area (TPSA) is 26.3 Å². The van der Waals surface area contributed by atoms with Gasteiger partial charge in [-0.3, -0.25) is 4.79 Å². The van der Waals surface area contributed by atoms with Crippen LogP contribution in [0.5, 0.6) is 0 Å². The normalized spacial score (nSPS) is 13.2. The van der Waals surface area contributed by atoms with Crippen molar-refractivity contribution >= 4 is 33.5 Å². The van der Waals surface area contributed by atoms with E-state index in [0.29, 0.717) is 5.56 Å². The Morgan fingerprint density at radius 2 is 2.06 bits per heavy atom. The van der Waals surface area contributed by atoms with Gasteiger partial charge < -0.3 is 4.74 Å². The molecule has 1 aromatic rings. The summed E-state index contributed by atoms with van der Waals surface area (Å²) < 4.78 is 42.4. The minimum atomic E-state index is -4.44. The fourth-order valence-corrected chi connectivity index (χ4v) is 2.16. The van der Waals surface area contributed by atoms with Crippen molar-refractivity contribution in [1.82, 2.24) is 0 Å². The van der Waals surface area contributed by atoms with Gasteiger partial charge in [-0.05, 0) is 30.2 Å². The van der Waals surface area contributed by atoms with Gasteiger partial charge in [0.05, 0.1) is 12.7 Å². The lowest BCUT2D eigenvalue weighted by Crippen LogP contribution is -2.19. The van der Waals surface area contributed by atoms with Gasteiger partial charge >= 0.3 is 12.1 Å². The van der Waals surface area contributed by atoms with E-state index in [1.165, 1.54) is 13.2 Å². The van der Waals surface area contributed by atoms with Crippen LogP contribution in [0.2, 0.25) is 0 Å². The molecule has 0 spiro atoms. The molecule has 0 radical (unpaired) electrons. The number of ether oxygens (including phenoxy) is 1. The second-order valence-electron chi connectivity index (χ2n) is 3.54. The van der Waals surface area contributed by atoms with Crippen LogP contribution in [-0.2, 0) is 22.1 Å². The fraction of sp³-hybridized carbons (Fsp3) is 0.364. The molecule has 100 valence electrons. The van der Waals surface area contributed by atoms with E-state index < -0.39 is 23.1 Å². The van der Waals surface area contributed by atoms with Gasteiger partial charge in [0.25, 0.3) is 0 Å². The van der Waals surface area contributed by atoms with Crippen molar-refractivity contribution in [2.45, 2.75) is 18.0 Å². The third-order valence-corrected chi connectivity index (χ3v) is 2.95. The average molecular weight is 346 g/mol. The number of alkyl halides is 4. The number of hydrogen-bond acceptors (Lipinski definition) is 2. The maximum absolute atomic E-state index is 12.6. The Balaban J connectivity index is 2.97. The van der Waals surface area contributed by atoms with Crippen LogP contribution >= 0.6 is 27.5 Å². The molecule has 0 aliphatic heterocycles. The summed E-state index contributed by atoms with van der Waals surface area (Å²) >= 11 is 8.70. The van der Waals surface area contributed by atoms with Crippen molar-refractivity contribution in [3.8, 4) is 0 Å². The lowest BCUT2D eigenvalue weighted by atomic mass is 10.1. The first-order valence-electron chi connectivity index (χ1n) is 4.82. The van der Waals surface area contributed by atoms with E-state index in [9.17, 15) is 18.0 Å². The number of carbonyl (C=O) groups is 1. The Morgan fingerprint density at radius 1 is 1.44 bits per heavy atom. The van der Waals surface area contributed by atoms with Crippen molar-refractivity contribution in [1.29, 1.82) is 0 Å². The first kappa shape index (κ1) is 15.3. The highest BCUT2D eigenvalue weighted by Crippen LogP contribution is 2.32. The summed E-state index contributed by atoms with van der Waals surface area (Å²) in [6.07, 6.45) is -4.47. The maximum atomic E-state index is 12.6. The molecule has 0 fully saturated rings. The van der Waals surface area contributed by atoms with Crippen LogP contribution in [-0.4, -0.2) is 18.5 Å². The summed E-state index contributed by atoms with van der Waals surface area (Å²) in [4.78, 5) is 11.1. The van der Waals surface area contributed by atoms with Gasteiger partial charge in [-0.15, -0.1) is 11.6 Å². The summed E-state index contributed by atoms with van der Waals surface area (Å²) in [6.45, 7) is 0. The van der Waals surface area contributed by atoms with Gasteiger partial charge in [0.1, 0.15) is 5.38 Å². The van der Waals surface area contributed by atoms with Crippen LogP contribution in [0.25, 0.3) is 0 Å². The molecule has 2 nitrogen and oxygen atoms in total. The highest BCUT2D eigenvalue weighted by molar-refractivity contribution is 9.10. The summed E-state index contributed by atoms with van der Waals surface area (Å²) in [7, 11) is 1.17. The van der Waals surface area contributed by atoms with Crippen LogP contribution < -0.4 is 0 Å². The van der Waals surface area contributed by atoms with Crippen LogP contribution in [0.4, 0.5) is 13.2 Å². The van der Waals surface area contributed by atoms with E-state index >= 15 is 0 Å². The van der Waals surface area contributed by atoms with Crippen LogP contribution in [0.1, 0.15) is 11.1 Å². The van der Waals surface area contributed by atoms with Gasteiger partial charge in [0, 0.05) is 4.47 Å². The molecule has 0 heterocycles. The second kappa shape index (κ2) is 5.93. The molecule has 0 bridgehead atoms. The Bertz CT molecular complexity index is 448. The van der Waals surface area contributed by atoms with Crippen molar-refractivity contribution < 1.29 is 22.7 Å². The molecule has 0 amide bonds. The monoisotopic (exact) mass is 344 g/mol. The van der Waals surface area contributed by atoms with Crippen LogP contribution in [0.15, 0.2) is 22.7 Å². The zero-order chi connectivity index (χ0) is 13.9. The van der Waals surface area contributed by atoms with Gasteiger partial charge in [-0.2, -0.15) is 13.2 Å². The predicted molar refractivity (Wildman–Crippen MR) is 64.5 cm³/mol. The second-order valence-corrected chi connectivity index (χ2v) is 4.98. The Morgan fingerprint density at radius 3 is 2.56 bits per heavy atom. The molecule has 0 N–H and O–H groups in total. The highest BCUT2D eigenvalue weighted by Gasteiger charge is 2.31. The quantitative estimate of drug-likeness (QED) is 0.615. The lowest BCUT2D eigenvalue weighted by Gasteiger charge is -2.11. The summed E-state index contributed by atoms with van der Waals surface area (Å²) in [5.74, 6) is -0.676. The first-order chi connectivity index (χ1) is 8.24. The minimum absolute atomic E-state index is 0.0310. The molecule has 1 rings (SSSR count). The number of benzene rings is 1. The first-order valence-corrected chi connectivity index (χ1v) is 6.05. The molecule has 1 atom stereocenters. The summed E-state index contributed by atoms with van der Waals surface area (Å²) in [6, 6.07) is 3.40. The summed E-state index contributed by atoms with van der Waals surface area (Å²) in [5.41, 5.74) is -0.484. The van der Waals surface area contributed by atoms with E-state index in [0.717, 1.165) is 12.1 Å². The molecular weight excluding hydrogens is 336 g/mol. The maximum Gasteiger partial charge on any atom is 0.416 e. The smallest absolute Gasteiger partial charge is 0.416 e. The summed E-state index contributed by atoms with van der Waals surface area (Å²) in [5, 5.41) is -1.01. The Hall–Kier alpha value is -0.750. The van der Waals surface area contributed by atoms with Gasteiger partial charge in [-0.25, -0.2) is 0 Å². The lowest BCUT2D eigenvalue weighted by molar-refractivity contribution is -0.140. The predicted octanol–water partition coefficient (Wildman–Crippen LogP) is 3.79. The molecule has 0 saturated heterocycles. The molecular formula is C11H9BrClF3O2. The van der Waals surface area contributed by atoms with E-state index in [1.54, 1.807) is 0 Å². The van der Waals surface area contributed by atoms with Gasteiger partial charge in [0.15, 0.2) is 0 Å². The number of carbonyl (C=O) groups excluding carboxylic acids is 1. The zero-order valence-electron chi connectivity index (χ0n) is 9.22. The molecule has 1 unspecified atom stereocenters. The van der Waals surface area contributed by atoms with Crippen LogP contribution in [0, 0.1) is 0 Å². The minimum Gasteiger partial charge on any atom is -0.468 e. The molecule has 0 aromatic heterocycles. The average Bonchev–Trinajstić information content (AvgIpc) is 2.25. The van der Waals surface area contributed by atoms with E-state index in [2.05, 4.69) is 20.7 Å². The highest BCUT2D eigenvalue weighted by atomic mass is 79.9. The van der Waals surface area contributed by atoms with E-state index in [4.69, 9.17) is 11.6 Å². The van der Waals surface area contributed by atoms with Crippen molar-refractivity contribution in [3.05, 3.63) is 33.8 Å². The number of esters is 1. The van der Waals surface area contributed by atoms with Crippen molar-refractivity contribution in [2.75, 3.05) is 7.11 Å². The Labute approximate surface area is 115 Å². The zero-order valence-corrected chi connectivity index (χ0v) is 11.6. The third kappa shape index (κ3) is 4.17. The molecule has 0 aliphatic rings. The number of rotatable bonds is 3. The standard InChI is InChI=1S/C11H9BrClF3O2/c1-18-10(17)9(13)4-6-2-7(11(14,15)16)5-8(12)3-6/h2-3,5,9H,4H2,1H3. The molecule has 1 aromatic carbocycles. The van der Waals surface area contributed by atoms with Gasteiger partial charge in [0.2, 0.25) is 0 Å². The number of methoxy groups -OCH3 is 1. The fourth-order valence-electron chi connectivity index (χ4n) is 1.35. The van der Waals surface area contributed by atoms with E-state index in [-0.39, 0.29) is 10.9 Å². The Kier molecular flexibility index (Phi) is 5.04. The number of hydrogen-bond donors (Lipinski definition) is 0. The largest absolute Gasteiger partial charge is 0.468 e. The molecule has 0 aliphatic carbocycles. The van der Waals surface area contributed by atoms with Crippen LogP contribution in [0.3, 0.4) is 0 Å². The molecule has 18 heavy (non-hydrogen) atoms. The third-order valence-electron chi connectivity index (χ3n) is 2.16. The van der Waals surface area contributed by atoms with Crippen molar-refractivity contribution in [2.24, 2.45) is 0 Å².